The number of pyridine rings is 1. The van der Waals surface area contributed by atoms with E-state index in [9.17, 15) is 15.2 Å². The molecule has 1 aromatic heterocycles. The van der Waals surface area contributed by atoms with E-state index in [2.05, 4.69) is 10.3 Å². The van der Waals surface area contributed by atoms with E-state index in [-0.39, 0.29) is 18.9 Å². The molecule has 0 radical (unpaired) electrons. The Morgan fingerprint density at radius 1 is 1.15 bits per heavy atom. The predicted octanol–water partition coefficient (Wildman–Crippen LogP) is 3.13. The Hall–Kier alpha value is -3.03. The second kappa shape index (κ2) is 8.37. The summed E-state index contributed by atoms with van der Waals surface area (Å²) in [5, 5.41) is 24.7. The number of hydrogen-bond donors (Lipinski definition) is 2. The van der Waals surface area contributed by atoms with Crippen LogP contribution in [0.4, 0.5) is 11.4 Å². The van der Waals surface area contributed by atoms with Crippen molar-refractivity contribution in [1.29, 1.82) is 0 Å². The van der Waals surface area contributed by atoms with Crippen molar-refractivity contribution in [3.05, 3.63) is 76.5 Å². The summed E-state index contributed by atoms with van der Waals surface area (Å²) in [6.45, 7) is 0.389. The van der Waals surface area contributed by atoms with Gasteiger partial charge in [0.25, 0.3) is 0 Å². The summed E-state index contributed by atoms with van der Waals surface area (Å²) < 4.78 is 5.65. The maximum absolute atomic E-state index is 11.4. The van der Waals surface area contributed by atoms with Gasteiger partial charge in [-0.1, -0.05) is 48.5 Å². The van der Waals surface area contributed by atoms with Gasteiger partial charge in [-0.05, 0) is 11.6 Å². The summed E-state index contributed by atoms with van der Waals surface area (Å²) in [5.41, 5.74) is 1.86. The molecule has 0 unspecified atom stereocenters. The van der Waals surface area contributed by atoms with Gasteiger partial charge in [-0.25, -0.2) is 4.98 Å². The van der Waals surface area contributed by atoms with Crippen LogP contribution < -0.4 is 5.32 Å². The topological polar surface area (TPSA) is 97.5 Å². The Bertz CT molecular complexity index is 886. The van der Waals surface area contributed by atoms with Crippen molar-refractivity contribution >= 4 is 22.3 Å². The Labute approximate surface area is 150 Å². The predicted molar refractivity (Wildman–Crippen MR) is 99.0 cm³/mol. The molecule has 1 heterocycles. The number of aliphatic hydroxyl groups is 1. The normalized spacial score (nSPS) is 12.0. The summed E-state index contributed by atoms with van der Waals surface area (Å²) in [5.74, 6) is 0. The standard InChI is InChI=1S/C19H19N3O4/c23-11-15(13-26-12-14-6-2-1-3-7-14)21-19-16-8-4-5-9-17(16)20-10-18(19)22(24)25/h1-10,15,23H,11-13H2,(H,20,21)/t15-/m1/s1. The van der Waals surface area contributed by atoms with Crippen molar-refractivity contribution < 1.29 is 14.8 Å². The quantitative estimate of drug-likeness (QED) is 0.477. The van der Waals surface area contributed by atoms with Gasteiger partial charge in [0.2, 0.25) is 0 Å². The lowest BCUT2D eigenvalue weighted by molar-refractivity contribution is -0.384. The van der Waals surface area contributed by atoms with E-state index in [0.717, 1.165) is 5.56 Å². The van der Waals surface area contributed by atoms with Crippen LogP contribution in [0.25, 0.3) is 10.9 Å². The van der Waals surface area contributed by atoms with Crippen molar-refractivity contribution in [2.75, 3.05) is 18.5 Å². The summed E-state index contributed by atoms with van der Waals surface area (Å²) in [6.07, 6.45) is 1.23. The molecule has 134 valence electrons. The summed E-state index contributed by atoms with van der Waals surface area (Å²) in [4.78, 5) is 15.0. The van der Waals surface area contributed by atoms with Crippen molar-refractivity contribution in [2.45, 2.75) is 12.6 Å². The highest BCUT2D eigenvalue weighted by Crippen LogP contribution is 2.31. The van der Waals surface area contributed by atoms with E-state index in [1.54, 1.807) is 18.2 Å². The highest BCUT2D eigenvalue weighted by Gasteiger charge is 2.20. The molecule has 2 N–H and O–H groups in total. The molecule has 3 rings (SSSR count). The van der Waals surface area contributed by atoms with Gasteiger partial charge in [-0.3, -0.25) is 10.1 Å². The number of rotatable bonds is 8. The molecule has 0 saturated heterocycles. The van der Waals surface area contributed by atoms with Crippen LogP contribution in [-0.2, 0) is 11.3 Å². The molecule has 26 heavy (non-hydrogen) atoms. The number of para-hydroxylation sites is 1. The number of nitrogens with zero attached hydrogens (tertiary/aromatic N) is 2. The third-order valence-corrected chi connectivity index (χ3v) is 3.95. The number of benzene rings is 2. The van der Waals surface area contributed by atoms with E-state index in [4.69, 9.17) is 4.74 Å². The van der Waals surface area contributed by atoms with Crippen molar-refractivity contribution in [2.24, 2.45) is 0 Å². The van der Waals surface area contributed by atoms with Crippen molar-refractivity contribution in [3.63, 3.8) is 0 Å². The van der Waals surface area contributed by atoms with Gasteiger partial charge >= 0.3 is 5.69 Å². The number of nitrogens with one attached hydrogen (secondary N) is 1. The number of anilines is 1. The minimum atomic E-state index is -0.485. The number of aromatic nitrogens is 1. The number of aliphatic hydroxyl groups excluding tert-OH is 1. The Balaban J connectivity index is 1.77. The second-order valence-corrected chi connectivity index (χ2v) is 5.82. The van der Waals surface area contributed by atoms with Gasteiger partial charge in [0.05, 0.1) is 36.3 Å². The number of fused-ring (bicyclic) bond motifs is 1. The number of hydrogen-bond acceptors (Lipinski definition) is 6. The Morgan fingerprint density at radius 3 is 2.62 bits per heavy atom. The van der Waals surface area contributed by atoms with E-state index in [1.165, 1.54) is 6.20 Å². The molecule has 0 saturated carbocycles. The lowest BCUT2D eigenvalue weighted by Gasteiger charge is -2.19. The molecule has 0 fully saturated rings. The van der Waals surface area contributed by atoms with Crippen LogP contribution >= 0.6 is 0 Å². The zero-order valence-electron chi connectivity index (χ0n) is 14.0. The fourth-order valence-corrected chi connectivity index (χ4v) is 2.66. The zero-order valence-corrected chi connectivity index (χ0v) is 14.0. The molecule has 0 aliphatic carbocycles. The molecule has 0 amide bonds. The van der Waals surface area contributed by atoms with Crippen LogP contribution in [0.3, 0.4) is 0 Å². The van der Waals surface area contributed by atoms with Gasteiger partial charge < -0.3 is 15.2 Å². The largest absolute Gasteiger partial charge is 0.394 e. The van der Waals surface area contributed by atoms with Gasteiger partial charge in [0.1, 0.15) is 11.9 Å². The maximum atomic E-state index is 11.4. The molecule has 0 spiro atoms. The Kier molecular flexibility index (Phi) is 5.73. The van der Waals surface area contributed by atoms with E-state index < -0.39 is 11.0 Å². The van der Waals surface area contributed by atoms with Crippen LogP contribution in [0.1, 0.15) is 5.56 Å². The summed E-state index contributed by atoms with van der Waals surface area (Å²) in [7, 11) is 0. The molecule has 1 atom stereocenters. The van der Waals surface area contributed by atoms with Gasteiger partial charge in [-0.15, -0.1) is 0 Å². The zero-order chi connectivity index (χ0) is 18.4. The molecule has 0 aliphatic rings. The molecule has 3 aromatic rings. The molecular weight excluding hydrogens is 334 g/mol. The average molecular weight is 353 g/mol. The third-order valence-electron chi connectivity index (χ3n) is 3.95. The molecule has 7 nitrogen and oxygen atoms in total. The first-order chi connectivity index (χ1) is 12.7. The highest BCUT2D eigenvalue weighted by molar-refractivity contribution is 5.95. The first kappa shape index (κ1) is 17.8. The first-order valence-corrected chi connectivity index (χ1v) is 8.20. The average Bonchev–Trinajstić information content (AvgIpc) is 2.67. The second-order valence-electron chi connectivity index (χ2n) is 5.82. The van der Waals surface area contributed by atoms with Crippen LogP contribution in [0.2, 0.25) is 0 Å². The minimum Gasteiger partial charge on any atom is -0.394 e. The number of ether oxygens (including phenoxy) is 1. The smallest absolute Gasteiger partial charge is 0.311 e. The molecule has 0 bridgehead atoms. The SMILES string of the molecule is O=[N+]([O-])c1cnc2ccccc2c1N[C@H](CO)COCc1ccccc1. The lowest BCUT2D eigenvalue weighted by Crippen LogP contribution is -2.29. The van der Waals surface area contributed by atoms with E-state index >= 15 is 0 Å². The van der Waals surface area contributed by atoms with E-state index in [0.29, 0.717) is 23.2 Å². The summed E-state index contributed by atoms with van der Waals surface area (Å²) in [6, 6.07) is 16.3. The maximum Gasteiger partial charge on any atom is 0.311 e. The van der Waals surface area contributed by atoms with Crippen molar-refractivity contribution in [1.82, 2.24) is 4.98 Å². The molecule has 2 aromatic carbocycles. The van der Waals surface area contributed by atoms with Crippen LogP contribution in [0.15, 0.2) is 60.8 Å². The van der Waals surface area contributed by atoms with Gasteiger partial charge in [0.15, 0.2) is 0 Å². The number of nitro groups is 1. The fraction of sp³-hybridized carbons (Fsp3) is 0.211. The van der Waals surface area contributed by atoms with E-state index in [1.807, 2.05) is 36.4 Å². The van der Waals surface area contributed by atoms with Crippen LogP contribution in [0, 0.1) is 10.1 Å². The monoisotopic (exact) mass is 353 g/mol. The van der Waals surface area contributed by atoms with Crippen LogP contribution in [0.5, 0.6) is 0 Å². The lowest BCUT2D eigenvalue weighted by atomic mass is 10.1. The molecule has 7 heteroatoms. The van der Waals surface area contributed by atoms with Gasteiger partial charge in [0, 0.05) is 5.39 Å². The first-order valence-electron chi connectivity index (χ1n) is 8.20. The Morgan fingerprint density at radius 2 is 1.88 bits per heavy atom. The highest BCUT2D eigenvalue weighted by atomic mass is 16.6. The molecule has 0 aliphatic heterocycles. The molecular formula is C19H19N3O4. The third kappa shape index (κ3) is 4.14. The van der Waals surface area contributed by atoms with Crippen LogP contribution in [-0.4, -0.2) is 34.3 Å². The van der Waals surface area contributed by atoms with Crippen molar-refractivity contribution in [3.8, 4) is 0 Å². The van der Waals surface area contributed by atoms with Gasteiger partial charge in [-0.2, -0.15) is 0 Å². The summed E-state index contributed by atoms with van der Waals surface area (Å²) >= 11 is 0. The fourth-order valence-electron chi connectivity index (χ4n) is 2.66. The minimum absolute atomic E-state index is 0.134.